The van der Waals surface area contributed by atoms with Crippen LogP contribution in [0.4, 0.5) is 4.39 Å². The number of nitrogens with zero attached hydrogens (tertiary/aromatic N) is 2. The normalized spacial score (nSPS) is 10.7. The molecule has 0 radical (unpaired) electrons. The number of carbonyl (C=O) groups is 1. The van der Waals surface area contributed by atoms with Crippen LogP contribution in [0.3, 0.4) is 0 Å². The Labute approximate surface area is 113 Å². The van der Waals surface area contributed by atoms with Gasteiger partial charge in [-0.2, -0.15) is 0 Å². The summed E-state index contributed by atoms with van der Waals surface area (Å²) in [6.07, 6.45) is 0. The number of carboxylic acids is 1. The summed E-state index contributed by atoms with van der Waals surface area (Å²) in [6, 6.07) is 12.4. The Bertz CT molecular complexity index is 801. The van der Waals surface area contributed by atoms with Gasteiger partial charge >= 0.3 is 5.97 Å². The van der Waals surface area contributed by atoms with E-state index in [9.17, 15) is 14.3 Å². The Morgan fingerprint density at radius 3 is 2.40 bits per heavy atom. The van der Waals surface area contributed by atoms with Crippen molar-refractivity contribution in [2.24, 2.45) is 0 Å². The number of aromatic nitrogens is 2. The molecule has 3 aromatic rings. The fourth-order valence-electron chi connectivity index (χ4n) is 2.08. The van der Waals surface area contributed by atoms with Crippen LogP contribution < -0.4 is 0 Å². The summed E-state index contributed by atoms with van der Waals surface area (Å²) in [5.41, 5.74) is 1.33. The van der Waals surface area contributed by atoms with E-state index in [0.29, 0.717) is 16.5 Å². The molecule has 0 aliphatic carbocycles. The molecule has 0 spiro atoms. The average Bonchev–Trinajstić information content (AvgIpc) is 2.46. The molecule has 1 heterocycles. The van der Waals surface area contributed by atoms with Crippen LogP contribution in [0.25, 0.3) is 22.2 Å². The van der Waals surface area contributed by atoms with E-state index in [4.69, 9.17) is 0 Å². The minimum Gasteiger partial charge on any atom is -0.478 e. The first-order chi connectivity index (χ1) is 9.66. The Morgan fingerprint density at radius 2 is 1.70 bits per heavy atom. The molecule has 0 bridgehead atoms. The fourth-order valence-corrected chi connectivity index (χ4v) is 2.08. The molecule has 0 saturated carbocycles. The molecule has 0 atom stereocenters. The van der Waals surface area contributed by atoms with Gasteiger partial charge in [-0.05, 0) is 30.3 Å². The molecule has 1 N–H and O–H groups in total. The van der Waals surface area contributed by atoms with Gasteiger partial charge in [0.05, 0.1) is 11.1 Å². The number of hydrogen-bond donors (Lipinski definition) is 1. The molecule has 1 aromatic heterocycles. The molecule has 0 aliphatic rings. The van der Waals surface area contributed by atoms with Crippen molar-refractivity contribution in [3.63, 3.8) is 0 Å². The molecule has 0 fully saturated rings. The first kappa shape index (κ1) is 12.2. The predicted molar refractivity (Wildman–Crippen MR) is 71.9 cm³/mol. The van der Waals surface area contributed by atoms with Gasteiger partial charge < -0.3 is 5.11 Å². The minimum absolute atomic E-state index is 0.0715. The molecule has 20 heavy (non-hydrogen) atoms. The highest BCUT2D eigenvalue weighted by atomic mass is 19.1. The Morgan fingerprint density at radius 1 is 1.00 bits per heavy atom. The highest BCUT2D eigenvalue weighted by Crippen LogP contribution is 2.26. The maximum atomic E-state index is 13.0. The third-order valence-corrected chi connectivity index (χ3v) is 3.00. The van der Waals surface area contributed by atoms with Crippen molar-refractivity contribution in [1.29, 1.82) is 0 Å². The molecule has 98 valence electrons. The lowest BCUT2D eigenvalue weighted by atomic mass is 10.0. The average molecular weight is 268 g/mol. The standard InChI is InChI=1S/C15H9FN2O2/c16-10-7-5-9(6-8-10)14-13(15(19)20)11-3-1-2-4-12(11)17-18-14/h1-8H,(H,19,20). The van der Waals surface area contributed by atoms with Crippen molar-refractivity contribution in [2.45, 2.75) is 0 Å². The maximum absolute atomic E-state index is 13.0. The number of halogens is 1. The summed E-state index contributed by atoms with van der Waals surface area (Å²) >= 11 is 0. The molecule has 0 aliphatic heterocycles. The zero-order valence-corrected chi connectivity index (χ0v) is 10.2. The van der Waals surface area contributed by atoms with Crippen molar-refractivity contribution in [3.8, 4) is 11.3 Å². The highest BCUT2D eigenvalue weighted by Gasteiger charge is 2.18. The zero-order valence-electron chi connectivity index (χ0n) is 10.2. The van der Waals surface area contributed by atoms with Gasteiger partial charge in [0.1, 0.15) is 11.5 Å². The van der Waals surface area contributed by atoms with Gasteiger partial charge in [0.25, 0.3) is 0 Å². The second kappa shape index (κ2) is 4.70. The molecule has 2 aromatic carbocycles. The molecule has 0 saturated heterocycles. The SMILES string of the molecule is O=C(O)c1c(-c2ccc(F)cc2)nnc2ccccc12. The van der Waals surface area contributed by atoms with Crippen molar-refractivity contribution in [3.05, 3.63) is 59.9 Å². The van der Waals surface area contributed by atoms with E-state index >= 15 is 0 Å². The Kier molecular flexibility index (Phi) is 2.87. The lowest BCUT2D eigenvalue weighted by Gasteiger charge is -2.07. The van der Waals surface area contributed by atoms with E-state index in [2.05, 4.69) is 10.2 Å². The van der Waals surface area contributed by atoms with E-state index in [-0.39, 0.29) is 17.1 Å². The zero-order chi connectivity index (χ0) is 14.1. The third kappa shape index (κ3) is 1.99. The van der Waals surface area contributed by atoms with Crippen LogP contribution in [-0.2, 0) is 0 Å². The molecular formula is C15H9FN2O2. The smallest absolute Gasteiger partial charge is 0.338 e. The Hall–Kier alpha value is -2.82. The van der Waals surface area contributed by atoms with Gasteiger partial charge in [-0.25, -0.2) is 9.18 Å². The van der Waals surface area contributed by atoms with Crippen LogP contribution in [0.5, 0.6) is 0 Å². The lowest BCUT2D eigenvalue weighted by Crippen LogP contribution is -2.05. The van der Waals surface area contributed by atoms with Gasteiger partial charge in [0.2, 0.25) is 0 Å². The number of fused-ring (bicyclic) bond motifs is 1. The molecule has 4 nitrogen and oxygen atoms in total. The van der Waals surface area contributed by atoms with Crippen LogP contribution in [0.15, 0.2) is 48.5 Å². The second-order valence-corrected chi connectivity index (χ2v) is 4.25. The van der Waals surface area contributed by atoms with Gasteiger partial charge in [-0.15, -0.1) is 10.2 Å². The van der Waals surface area contributed by atoms with E-state index in [1.165, 1.54) is 24.3 Å². The van der Waals surface area contributed by atoms with Crippen molar-refractivity contribution in [2.75, 3.05) is 0 Å². The first-order valence-corrected chi connectivity index (χ1v) is 5.91. The molecule has 0 unspecified atom stereocenters. The summed E-state index contributed by atoms with van der Waals surface area (Å²) in [5, 5.41) is 17.9. The van der Waals surface area contributed by atoms with E-state index in [1.54, 1.807) is 24.3 Å². The van der Waals surface area contributed by atoms with Crippen molar-refractivity contribution in [1.82, 2.24) is 10.2 Å². The van der Waals surface area contributed by atoms with Crippen LogP contribution in [0.1, 0.15) is 10.4 Å². The number of rotatable bonds is 2. The van der Waals surface area contributed by atoms with Crippen molar-refractivity contribution < 1.29 is 14.3 Å². The molecular weight excluding hydrogens is 259 g/mol. The molecule has 5 heteroatoms. The quantitative estimate of drug-likeness (QED) is 0.775. The minimum atomic E-state index is -1.09. The van der Waals surface area contributed by atoms with Crippen LogP contribution in [-0.4, -0.2) is 21.3 Å². The highest BCUT2D eigenvalue weighted by molar-refractivity contribution is 6.07. The summed E-state index contributed by atoms with van der Waals surface area (Å²) in [5.74, 6) is -1.48. The number of benzene rings is 2. The van der Waals surface area contributed by atoms with E-state index in [1.807, 2.05) is 0 Å². The maximum Gasteiger partial charge on any atom is 0.338 e. The number of carboxylic acid groups (broad SMARTS) is 1. The van der Waals surface area contributed by atoms with Crippen LogP contribution in [0.2, 0.25) is 0 Å². The number of hydrogen-bond acceptors (Lipinski definition) is 3. The molecule has 0 amide bonds. The topological polar surface area (TPSA) is 63.1 Å². The van der Waals surface area contributed by atoms with Crippen LogP contribution >= 0.6 is 0 Å². The number of aromatic carboxylic acids is 1. The summed E-state index contributed by atoms with van der Waals surface area (Å²) in [7, 11) is 0. The Balaban J connectivity index is 2.33. The van der Waals surface area contributed by atoms with Crippen LogP contribution in [0, 0.1) is 5.82 Å². The lowest BCUT2D eigenvalue weighted by molar-refractivity contribution is 0.0699. The molecule has 3 rings (SSSR count). The first-order valence-electron chi connectivity index (χ1n) is 5.91. The third-order valence-electron chi connectivity index (χ3n) is 3.00. The summed E-state index contributed by atoms with van der Waals surface area (Å²) < 4.78 is 13.0. The van der Waals surface area contributed by atoms with Gasteiger partial charge in [-0.3, -0.25) is 0 Å². The second-order valence-electron chi connectivity index (χ2n) is 4.25. The largest absolute Gasteiger partial charge is 0.478 e. The van der Waals surface area contributed by atoms with E-state index in [0.717, 1.165) is 0 Å². The fraction of sp³-hybridized carbons (Fsp3) is 0. The monoisotopic (exact) mass is 268 g/mol. The van der Waals surface area contributed by atoms with Crippen molar-refractivity contribution >= 4 is 16.9 Å². The van der Waals surface area contributed by atoms with Gasteiger partial charge in [0.15, 0.2) is 0 Å². The summed E-state index contributed by atoms with van der Waals surface area (Å²) in [6.45, 7) is 0. The summed E-state index contributed by atoms with van der Waals surface area (Å²) in [4.78, 5) is 11.5. The van der Waals surface area contributed by atoms with Gasteiger partial charge in [-0.1, -0.05) is 18.2 Å². The van der Waals surface area contributed by atoms with Gasteiger partial charge in [0, 0.05) is 10.9 Å². The predicted octanol–water partition coefficient (Wildman–Crippen LogP) is 3.13. The van der Waals surface area contributed by atoms with E-state index < -0.39 is 5.97 Å².